The molecule has 0 fully saturated rings. The summed E-state index contributed by atoms with van der Waals surface area (Å²) < 4.78 is 40.9. The summed E-state index contributed by atoms with van der Waals surface area (Å²) in [4.78, 5) is 12.3. The van der Waals surface area contributed by atoms with Crippen LogP contribution in [0.25, 0.3) is 0 Å². The lowest BCUT2D eigenvalue weighted by Crippen LogP contribution is -2.45. The van der Waals surface area contributed by atoms with Gasteiger partial charge in [-0.2, -0.15) is 23.5 Å². The van der Waals surface area contributed by atoms with Crippen LogP contribution < -0.4 is 5.32 Å². The van der Waals surface area contributed by atoms with Crippen molar-refractivity contribution in [1.29, 1.82) is 5.26 Å². The fourth-order valence-corrected chi connectivity index (χ4v) is 2.48. The van der Waals surface area contributed by atoms with E-state index < -0.39 is 28.8 Å². The standard InChI is InChI=1S/C16H10F3IN4O2/c1-2-15(26,9-24-8-11(20)7-22-24)14(25)23-12-4-3-10(6-21)13(5-12)16(17,18)19/h1,3-5,7-8,26H,9H2,(H,23,25). The van der Waals surface area contributed by atoms with Gasteiger partial charge in [-0.25, -0.2) is 0 Å². The van der Waals surface area contributed by atoms with Crippen LogP contribution in [0.5, 0.6) is 0 Å². The number of halogens is 4. The van der Waals surface area contributed by atoms with E-state index in [2.05, 4.69) is 10.4 Å². The predicted octanol–water partition coefficient (Wildman–Crippen LogP) is 2.38. The van der Waals surface area contributed by atoms with Gasteiger partial charge in [0, 0.05) is 11.9 Å². The first kappa shape index (κ1) is 19.8. The summed E-state index contributed by atoms with van der Waals surface area (Å²) in [5.41, 5.74) is -4.39. The second-order valence-electron chi connectivity index (χ2n) is 5.18. The van der Waals surface area contributed by atoms with E-state index in [9.17, 15) is 23.1 Å². The molecule has 6 nitrogen and oxygen atoms in total. The number of anilines is 1. The van der Waals surface area contributed by atoms with Crippen molar-refractivity contribution < 1.29 is 23.1 Å². The van der Waals surface area contributed by atoms with E-state index in [1.807, 2.05) is 28.5 Å². The fraction of sp³-hybridized carbons (Fsp3) is 0.188. The van der Waals surface area contributed by atoms with Crippen molar-refractivity contribution >= 4 is 34.2 Å². The average Bonchev–Trinajstić information content (AvgIpc) is 2.98. The number of carbonyl (C=O) groups excluding carboxylic acids is 1. The molecule has 26 heavy (non-hydrogen) atoms. The number of rotatable bonds is 4. The van der Waals surface area contributed by atoms with Crippen LogP contribution in [0.4, 0.5) is 18.9 Å². The number of aromatic nitrogens is 2. The van der Waals surface area contributed by atoms with Crippen LogP contribution in [0, 0.1) is 27.2 Å². The Hall–Kier alpha value is -2.57. The molecule has 0 aliphatic rings. The number of nitrogens with one attached hydrogen (secondary N) is 1. The van der Waals surface area contributed by atoms with E-state index in [0.29, 0.717) is 6.07 Å². The molecule has 0 aliphatic heterocycles. The van der Waals surface area contributed by atoms with Gasteiger partial charge in [0.1, 0.15) is 0 Å². The molecule has 1 heterocycles. The van der Waals surface area contributed by atoms with E-state index in [4.69, 9.17) is 11.7 Å². The quantitative estimate of drug-likeness (QED) is 0.526. The number of benzene rings is 1. The maximum atomic E-state index is 13.0. The first-order valence-corrected chi connectivity index (χ1v) is 7.98. The first-order chi connectivity index (χ1) is 12.1. The molecule has 1 amide bonds. The van der Waals surface area contributed by atoms with E-state index in [1.165, 1.54) is 23.1 Å². The van der Waals surface area contributed by atoms with Crippen molar-refractivity contribution in [3.8, 4) is 18.4 Å². The van der Waals surface area contributed by atoms with E-state index >= 15 is 0 Å². The van der Waals surface area contributed by atoms with Gasteiger partial charge in [-0.1, -0.05) is 5.92 Å². The summed E-state index contributed by atoms with van der Waals surface area (Å²) in [7, 11) is 0. The van der Waals surface area contributed by atoms with Crippen molar-refractivity contribution in [2.24, 2.45) is 0 Å². The van der Waals surface area contributed by atoms with Gasteiger partial charge >= 0.3 is 6.18 Å². The molecule has 134 valence electrons. The Morgan fingerprint density at radius 2 is 2.15 bits per heavy atom. The Morgan fingerprint density at radius 3 is 2.65 bits per heavy atom. The van der Waals surface area contributed by atoms with Gasteiger partial charge in [-0.3, -0.25) is 9.48 Å². The molecular formula is C16H10F3IN4O2. The SMILES string of the molecule is C#CC(O)(Cn1cc(I)cn1)C(=O)Nc1ccc(C#N)c(C(F)(F)F)c1. The summed E-state index contributed by atoms with van der Waals surface area (Å²) in [5, 5.41) is 25.2. The number of aliphatic hydroxyl groups is 1. The highest BCUT2D eigenvalue weighted by Gasteiger charge is 2.37. The lowest BCUT2D eigenvalue weighted by Gasteiger charge is -2.21. The lowest BCUT2D eigenvalue weighted by atomic mass is 10.0. The molecule has 1 atom stereocenters. The number of nitrogens with zero attached hydrogens (tertiary/aromatic N) is 3. The fourth-order valence-electron chi connectivity index (χ4n) is 2.03. The monoisotopic (exact) mass is 474 g/mol. The zero-order chi connectivity index (χ0) is 19.5. The highest BCUT2D eigenvalue weighted by Crippen LogP contribution is 2.33. The van der Waals surface area contributed by atoms with Gasteiger partial charge in [0.05, 0.1) is 33.5 Å². The molecule has 0 bridgehead atoms. The topological polar surface area (TPSA) is 90.9 Å². The molecule has 0 saturated heterocycles. The molecule has 1 aromatic heterocycles. The van der Waals surface area contributed by atoms with Gasteiger partial charge in [-0.15, -0.1) is 6.42 Å². The van der Waals surface area contributed by atoms with Crippen molar-refractivity contribution in [3.63, 3.8) is 0 Å². The largest absolute Gasteiger partial charge is 0.417 e. The minimum absolute atomic E-state index is 0.259. The molecule has 0 radical (unpaired) electrons. The number of amides is 1. The molecule has 10 heteroatoms. The third-order valence-corrected chi connectivity index (χ3v) is 3.87. The highest BCUT2D eigenvalue weighted by molar-refractivity contribution is 14.1. The third-order valence-electron chi connectivity index (χ3n) is 3.31. The summed E-state index contributed by atoms with van der Waals surface area (Å²) >= 11 is 1.97. The minimum atomic E-state index is -4.78. The molecule has 0 spiro atoms. The van der Waals surface area contributed by atoms with Crippen LogP contribution in [0.1, 0.15) is 11.1 Å². The molecule has 1 aromatic carbocycles. The molecule has 0 aliphatic carbocycles. The van der Waals surface area contributed by atoms with E-state index in [-0.39, 0.29) is 12.2 Å². The lowest BCUT2D eigenvalue weighted by molar-refractivity contribution is -0.137. The van der Waals surface area contributed by atoms with E-state index in [1.54, 1.807) is 0 Å². The second kappa shape index (κ2) is 7.35. The summed E-state index contributed by atoms with van der Waals surface area (Å²) in [5.74, 6) is 0.835. The van der Waals surface area contributed by atoms with Crippen LogP contribution in [0.3, 0.4) is 0 Å². The Morgan fingerprint density at radius 1 is 1.46 bits per heavy atom. The normalized spacial score (nSPS) is 13.3. The number of carbonyl (C=O) groups is 1. The van der Waals surface area contributed by atoms with E-state index in [0.717, 1.165) is 15.7 Å². The van der Waals surface area contributed by atoms with Crippen LogP contribution in [-0.2, 0) is 17.5 Å². The Balaban J connectivity index is 2.28. The van der Waals surface area contributed by atoms with Crippen molar-refractivity contribution in [3.05, 3.63) is 45.3 Å². The number of hydrogen-bond acceptors (Lipinski definition) is 4. The maximum Gasteiger partial charge on any atom is 0.417 e. The van der Waals surface area contributed by atoms with Crippen LogP contribution >= 0.6 is 22.6 Å². The van der Waals surface area contributed by atoms with Gasteiger partial charge in [0.15, 0.2) is 0 Å². The third kappa shape index (κ3) is 4.33. The second-order valence-corrected chi connectivity index (χ2v) is 6.43. The zero-order valence-corrected chi connectivity index (χ0v) is 15.0. The van der Waals surface area contributed by atoms with Gasteiger partial charge in [0.2, 0.25) is 5.60 Å². The summed E-state index contributed by atoms with van der Waals surface area (Å²) in [6, 6.07) is 4.06. The first-order valence-electron chi connectivity index (χ1n) is 6.90. The van der Waals surface area contributed by atoms with Gasteiger partial charge in [0.25, 0.3) is 5.91 Å². The smallest absolute Gasteiger partial charge is 0.368 e. The van der Waals surface area contributed by atoms with Gasteiger partial charge < -0.3 is 10.4 Å². The van der Waals surface area contributed by atoms with Crippen molar-refractivity contribution in [1.82, 2.24) is 9.78 Å². The number of terminal acetylenes is 1. The summed E-state index contributed by atoms with van der Waals surface area (Å²) in [6.07, 6.45) is 3.46. The Kier molecular flexibility index (Phi) is 5.59. The molecular weight excluding hydrogens is 464 g/mol. The Labute approximate surface area is 159 Å². The van der Waals surface area contributed by atoms with Crippen LogP contribution in [0.15, 0.2) is 30.6 Å². The van der Waals surface area contributed by atoms with Crippen molar-refractivity contribution in [2.75, 3.05) is 5.32 Å². The maximum absolute atomic E-state index is 13.0. The summed E-state index contributed by atoms with van der Waals surface area (Å²) in [6.45, 7) is -0.388. The molecule has 2 rings (SSSR count). The van der Waals surface area contributed by atoms with Crippen molar-refractivity contribution in [2.45, 2.75) is 18.3 Å². The zero-order valence-electron chi connectivity index (χ0n) is 12.9. The van der Waals surface area contributed by atoms with Crippen LogP contribution in [0.2, 0.25) is 0 Å². The van der Waals surface area contributed by atoms with Crippen LogP contribution in [-0.4, -0.2) is 26.4 Å². The molecule has 1 unspecified atom stereocenters. The highest BCUT2D eigenvalue weighted by atomic mass is 127. The number of nitriles is 1. The average molecular weight is 474 g/mol. The molecule has 2 aromatic rings. The van der Waals surface area contributed by atoms with Gasteiger partial charge in [-0.05, 0) is 40.8 Å². The molecule has 2 N–H and O–H groups in total. The number of hydrogen-bond donors (Lipinski definition) is 2. The number of alkyl halides is 3. The molecule has 0 saturated carbocycles. The predicted molar refractivity (Wildman–Crippen MR) is 93.5 cm³/mol. The Bertz CT molecular complexity index is 927. The minimum Gasteiger partial charge on any atom is -0.368 e.